The molecule has 0 bridgehead atoms. The number of rotatable bonds is 5. The number of imide groups is 1. The molecule has 0 aliphatic carbocycles. The highest BCUT2D eigenvalue weighted by molar-refractivity contribution is 9.10. The molecule has 8 heteroatoms. The monoisotopic (exact) mass is 354 g/mol. The van der Waals surface area contributed by atoms with Gasteiger partial charge in [0.1, 0.15) is 6.04 Å². The highest BCUT2D eigenvalue weighted by Gasteiger charge is 2.42. The molecule has 0 saturated heterocycles. The molecule has 1 unspecified atom stereocenters. The van der Waals surface area contributed by atoms with Crippen LogP contribution in [0.2, 0.25) is 0 Å². The molecule has 0 aromatic heterocycles. The SMILES string of the molecule is NC(=O)CCC(C(=O)O)N1C(=O)c2ccc(Br)cc2C1=O. The summed E-state index contributed by atoms with van der Waals surface area (Å²) in [6.45, 7) is 0. The lowest BCUT2D eigenvalue weighted by Crippen LogP contribution is -2.45. The molecule has 1 atom stereocenters. The summed E-state index contributed by atoms with van der Waals surface area (Å²) in [7, 11) is 0. The van der Waals surface area contributed by atoms with E-state index in [0.717, 1.165) is 0 Å². The second kappa shape index (κ2) is 5.65. The summed E-state index contributed by atoms with van der Waals surface area (Å²) in [5, 5.41) is 9.21. The summed E-state index contributed by atoms with van der Waals surface area (Å²) in [4.78, 5) is 47.2. The number of carbonyl (C=O) groups is 4. The maximum Gasteiger partial charge on any atom is 0.326 e. The van der Waals surface area contributed by atoms with Crippen LogP contribution in [0.15, 0.2) is 22.7 Å². The van der Waals surface area contributed by atoms with Gasteiger partial charge < -0.3 is 10.8 Å². The van der Waals surface area contributed by atoms with Gasteiger partial charge in [-0.05, 0) is 24.6 Å². The molecule has 21 heavy (non-hydrogen) atoms. The average molecular weight is 355 g/mol. The quantitative estimate of drug-likeness (QED) is 0.757. The van der Waals surface area contributed by atoms with Gasteiger partial charge in [-0.15, -0.1) is 0 Å². The number of hydrogen-bond acceptors (Lipinski definition) is 4. The van der Waals surface area contributed by atoms with E-state index in [0.29, 0.717) is 9.37 Å². The van der Waals surface area contributed by atoms with Crippen molar-refractivity contribution < 1.29 is 24.3 Å². The zero-order valence-corrected chi connectivity index (χ0v) is 12.3. The van der Waals surface area contributed by atoms with Crippen LogP contribution in [0.1, 0.15) is 33.6 Å². The molecule has 0 saturated carbocycles. The lowest BCUT2D eigenvalue weighted by molar-refractivity contribution is -0.141. The van der Waals surface area contributed by atoms with Gasteiger partial charge in [0.05, 0.1) is 11.1 Å². The van der Waals surface area contributed by atoms with Crippen LogP contribution in [0.3, 0.4) is 0 Å². The van der Waals surface area contributed by atoms with Gasteiger partial charge in [0.15, 0.2) is 0 Å². The summed E-state index contributed by atoms with van der Waals surface area (Å²) in [5.74, 6) is -3.42. The predicted molar refractivity (Wildman–Crippen MR) is 74.5 cm³/mol. The van der Waals surface area contributed by atoms with Gasteiger partial charge >= 0.3 is 5.97 Å². The fourth-order valence-corrected chi connectivity index (χ4v) is 2.52. The molecule has 0 radical (unpaired) electrons. The van der Waals surface area contributed by atoms with Crippen molar-refractivity contribution in [2.24, 2.45) is 5.73 Å². The highest BCUT2D eigenvalue weighted by atomic mass is 79.9. The van der Waals surface area contributed by atoms with E-state index in [9.17, 15) is 24.3 Å². The minimum Gasteiger partial charge on any atom is -0.480 e. The Morgan fingerprint density at radius 2 is 1.86 bits per heavy atom. The summed E-state index contributed by atoms with van der Waals surface area (Å²) in [6, 6.07) is 3.09. The number of benzene rings is 1. The van der Waals surface area contributed by atoms with Crippen molar-refractivity contribution in [3.63, 3.8) is 0 Å². The number of primary amides is 1. The minimum absolute atomic E-state index is 0.139. The van der Waals surface area contributed by atoms with Crippen molar-refractivity contribution >= 4 is 39.6 Å². The van der Waals surface area contributed by atoms with Crippen LogP contribution in [0, 0.1) is 0 Å². The molecule has 7 nitrogen and oxygen atoms in total. The molecule has 1 heterocycles. The number of carboxylic acids is 1. The topological polar surface area (TPSA) is 118 Å². The number of nitrogens with zero attached hydrogens (tertiary/aromatic N) is 1. The molecule has 0 spiro atoms. The van der Waals surface area contributed by atoms with E-state index in [4.69, 9.17) is 5.73 Å². The Hall–Kier alpha value is -2.22. The molecule has 1 aromatic rings. The van der Waals surface area contributed by atoms with Crippen LogP contribution in [-0.2, 0) is 9.59 Å². The molecule has 3 amide bonds. The van der Waals surface area contributed by atoms with Crippen LogP contribution in [0.4, 0.5) is 0 Å². The second-order valence-corrected chi connectivity index (χ2v) is 5.44. The van der Waals surface area contributed by atoms with Gasteiger partial charge in [-0.1, -0.05) is 15.9 Å². The van der Waals surface area contributed by atoms with E-state index in [1.807, 2.05) is 0 Å². The maximum atomic E-state index is 12.3. The number of carboxylic acid groups (broad SMARTS) is 1. The number of halogens is 1. The number of hydrogen-bond donors (Lipinski definition) is 2. The Morgan fingerprint density at radius 3 is 2.43 bits per heavy atom. The number of carbonyl (C=O) groups excluding carboxylic acids is 3. The van der Waals surface area contributed by atoms with E-state index < -0.39 is 29.7 Å². The zero-order chi connectivity index (χ0) is 15.7. The summed E-state index contributed by atoms with van der Waals surface area (Å²) in [5.41, 5.74) is 5.27. The van der Waals surface area contributed by atoms with Crippen LogP contribution in [-0.4, -0.2) is 39.7 Å². The van der Waals surface area contributed by atoms with Crippen molar-refractivity contribution in [3.8, 4) is 0 Å². The zero-order valence-electron chi connectivity index (χ0n) is 10.7. The molecule has 110 valence electrons. The molecular formula is C13H11BrN2O5. The first-order valence-electron chi connectivity index (χ1n) is 6.01. The third-order valence-electron chi connectivity index (χ3n) is 3.14. The third kappa shape index (κ3) is 2.80. The van der Waals surface area contributed by atoms with Gasteiger partial charge in [-0.25, -0.2) is 4.79 Å². The number of nitrogens with two attached hydrogens (primary N) is 1. The smallest absolute Gasteiger partial charge is 0.326 e. The molecule has 1 aliphatic heterocycles. The molecule has 2 rings (SSSR count). The van der Waals surface area contributed by atoms with Gasteiger partial charge in [-0.3, -0.25) is 19.3 Å². The second-order valence-electron chi connectivity index (χ2n) is 4.53. The first-order chi connectivity index (χ1) is 9.82. The van der Waals surface area contributed by atoms with Crippen LogP contribution >= 0.6 is 15.9 Å². The molecule has 1 aromatic carbocycles. The summed E-state index contributed by atoms with van der Waals surface area (Å²) < 4.78 is 0.605. The fraction of sp³-hybridized carbons (Fsp3) is 0.231. The van der Waals surface area contributed by atoms with Crippen molar-refractivity contribution in [2.75, 3.05) is 0 Å². The lowest BCUT2D eigenvalue weighted by atomic mass is 10.1. The summed E-state index contributed by atoms with van der Waals surface area (Å²) >= 11 is 3.19. The molecule has 0 fully saturated rings. The third-order valence-corrected chi connectivity index (χ3v) is 3.63. The largest absolute Gasteiger partial charge is 0.480 e. The maximum absolute atomic E-state index is 12.3. The average Bonchev–Trinajstić information content (AvgIpc) is 2.63. The van der Waals surface area contributed by atoms with E-state index in [1.54, 1.807) is 6.07 Å². The van der Waals surface area contributed by atoms with Crippen molar-refractivity contribution in [3.05, 3.63) is 33.8 Å². The van der Waals surface area contributed by atoms with Crippen LogP contribution in [0.25, 0.3) is 0 Å². The van der Waals surface area contributed by atoms with Gasteiger partial charge in [-0.2, -0.15) is 0 Å². The van der Waals surface area contributed by atoms with Crippen LogP contribution < -0.4 is 5.73 Å². The van der Waals surface area contributed by atoms with Gasteiger partial charge in [0, 0.05) is 10.9 Å². The number of fused-ring (bicyclic) bond motifs is 1. The fourth-order valence-electron chi connectivity index (χ4n) is 2.16. The molecule has 1 aliphatic rings. The Kier molecular flexibility index (Phi) is 4.08. The van der Waals surface area contributed by atoms with E-state index in [-0.39, 0.29) is 24.0 Å². The Labute approximate surface area is 127 Å². The van der Waals surface area contributed by atoms with E-state index in [2.05, 4.69) is 15.9 Å². The standard InChI is InChI=1S/C13H11BrN2O5/c14-6-1-2-7-8(5-6)12(19)16(11(7)18)9(13(20)21)3-4-10(15)17/h1-2,5,9H,3-4H2,(H2,15,17)(H,20,21). The van der Waals surface area contributed by atoms with Gasteiger partial charge in [0.25, 0.3) is 11.8 Å². The lowest BCUT2D eigenvalue weighted by Gasteiger charge is -2.21. The molecular weight excluding hydrogens is 344 g/mol. The minimum atomic E-state index is -1.41. The van der Waals surface area contributed by atoms with Crippen molar-refractivity contribution in [1.29, 1.82) is 0 Å². The highest BCUT2D eigenvalue weighted by Crippen LogP contribution is 2.28. The van der Waals surface area contributed by atoms with Gasteiger partial charge in [0.2, 0.25) is 5.91 Å². The predicted octanol–water partition coefficient (Wildman–Crippen LogP) is 0.764. The Bertz CT molecular complexity index is 658. The number of amides is 3. The van der Waals surface area contributed by atoms with Crippen molar-refractivity contribution in [1.82, 2.24) is 4.90 Å². The Balaban J connectivity index is 2.36. The van der Waals surface area contributed by atoms with Crippen molar-refractivity contribution in [2.45, 2.75) is 18.9 Å². The first-order valence-corrected chi connectivity index (χ1v) is 6.80. The molecule has 3 N–H and O–H groups in total. The van der Waals surface area contributed by atoms with E-state index >= 15 is 0 Å². The summed E-state index contributed by atoms with van der Waals surface area (Å²) in [6.07, 6.45) is -0.439. The first kappa shape index (κ1) is 15.2. The van der Waals surface area contributed by atoms with Crippen LogP contribution in [0.5, 0.6) is 0 Å². The normalized spacial score (nSPS) is 15.0. The number of aliphatic carboxylic acids is 1. The Morgan fingerprint density at radius 1 is 1.24 bits per heavy atom. The van der Waals surface area contributed by atoms with E-state index in [1.165, 1.54) is 12.1 Å².